The van der Waals surface area contributed by atoms with Crippen LogP contribution in [0.3, 0.4) is 0 Å². The van der Waals surface area contributed by atoms with Crippen LogP contribution in [0.25, 0.3) is 59.7 Å². The standard InChI is InChI=1S/C35H24N2S/c1-4-14-25(15-5-1)28-20-10-11-21-29(28)34-30-22-12-13-23-31(30)35(38-34)32-24-36-37(27-18-8-3-9-19-27)33(32)26-16-6-2-7-17-26/h1-24H. The summed E-state index contributed by atoms with van der Waals surface area (Å²) in [6.45, 7) is 0. The Morgan fingerprint density at radius 1 is 0.447 bits per heavy atom. The van der Waals surface area contributed by atoms with Gasteiger partial charge in [0.1, 0.15) is 0 Å². The van der Waals surface area contributed by atoms with Crippen molar-refractivity contribution in [3.63, 3.8) is 0 Å². The average molecular weight is 505 g/mol. The summed E-state index contributed by atoms with van der Waals surface area (Å²) < 4.78 is 2.07. The summed E-state index contributed by atoms with van der Waals surface area (Å²) in [6.07, 6.45) is 2.03. The Morgan fingerprint density at radius 3 is 1.61 bits per heavy atom. The van der Waals surface area contributed by atoms with Gasteiger partial charge < -0.3 is 0 Å². The molecule has 180 valence electrons. The molecule has 0 aliphatic rings. The number of nitrogens with zero attached hydrogens (tertiary/aromatic N) is 2. The molecule has 0 atom stereocenters. The third-order valence-electron chi connectivity index (χ3n) is 6.94. The largest absolute Gasteiger partial charge is 0.232 e. The summed E-state index contributed by atoms with van der Waals surface area (Å²) >= 11 is 1.85. The van der Waals surface area contributed by atoms with E-state index >= 15 is 0 Å². The van der Waals surface area contributed by atoms with Gasteiger partial charge in [0.15, 0.2) is 0 Å². The van der Waals surface area contributed by atoms with Gasteiger partial charge in [-0.25, -0.2) is 4.68 Å². The summed E-state index contributed by atoms with van der Waals surface area (Å²) in [6, 6.07) is 49.1. The Balaban J connectivity index is 1.49. The highest BCUT2D eigenvalue weighted by molar-refractivity contribution is 7.21. The fraction of sp³-hybridized carbons (Fsp3) is 0. The van der Waals surface area contributed by atoms with Gasteiger partial charge in [0.05, 0.1) is 17.6 Å². The molecule has 0 bridgehead atoms. The zero-order chi connectivity index (χ0) is 25.3. The molecular formula is C35H24N2S. The molecule has 0 aliphatic carbocycles. The van der Waals surface area contributed by atoms with Crippen LogP contribution in [0.5, 0.6) is 0 Å². The Kier molecular flexibility index (Phi) is 5.69. The minimum atomic E-state index is 1.05. The van der Waals surface area contributed by atoms with Crippen LogP contribution in [0.15, 0.2) is 146 Å². The highest BCUT2D eigenvalue weighted by Crippen LogP contribution is 2.48. The second kappa shape index (κ2) is 9.62. The van der Waals surface area contributed by atoms with Gasteiger partial charge >= 0.3 is 0 Å². The van der Waals surface area contributed by atoms with Crippen molar-refractivity contribution in [3.8, 4) is 49.0 Å². The number of thiophene rings is 1. The van der Waals surface area contributed by atoms with Crippen LogP contribution in [0.2, 0.25) is 0 Å². The topological polar surface area (TPSA) is 17.8 Å². The molecular weight excluding hydrogens is 480 g/mol. The molecule has 0 unspecified atom stereocenters. The fourth-order valence-corrected chi connectivity index (χ4v) is 6.52. The van der Waals surface area contributed by atoms with Crippen molar-refractivity contribution >= 4 is 22.1 Å². The molecule has 0 spiro atoms. The predicted molar refractivity (Wildman–Crippen MR) is 161 cm³/mol. The third kappa shape index (κ3) is 3.85. The molecule has 7 rings (SSSR count). The Morgan fingerprint density at radius 2 is 0.947 bits per heavy atom. The first kappa shape index (κ1) is 22.5. The van der Waals surface area contributed by atoms with Gasteiger partial charge in [-0.15, -0.1) is 11.3 Å². The van der Waals surface area contributed by atoms with E-state index in [1.165, 1.54) is 37.2 Å². The molecule has 5 aromatic carbocycles. The van der Waals surface area contributed by atoms with Gasteiger partial charge in [-0.2, -0.15) is 5.10 Å². The highest BCUT2D eigenvalue weighted by Gasteiger charge is 2.22. The molecule has 2 heterocycles. The quantitative estimate of drug-likeness (QED) is 0.228. The molecule has 2 nitrogen and oxygen atoms in total. The van der Waals surface area contributed by atoms with E-state index in [2.05, 4.69) is 138 Å². The van der Waals surface area contributed by atoms with Crippen molar-refractivity contribution in [2.75, 3.05) is 0 Å². The van der Waals surface area contributed by atoms with Gasteiger partial charge in [-0.3, -0.25) is 0 Å². The molecule has 0 radical (unpaired) electrons. The molecule has 0 fully saturated rings. The minimum absolute atomic E-state index is 1.05. The number of rotatable bonds is 5. The monoisotopic (exact) mass is 504 g/mol. The van der Waals surface area contributed by atoms with Crippen LogP contribution in [0, 0.1) is 0 Å². The van der Waals surface area contributed by atoms with E-state index in [9.17, 15) is 0 Å². The van der Waals surface area contributed by atoms with Crippen LogP contribution in [0.4, 0.5) is 0 Å². The average Bonchev–Trinajstić information content (AvgIpc) is 3.61. The molecule has 7 aromatic rings. The van der Waals surface area contributed by atoms with Crippen LogP contribution in [-0.4, -0.2) is 9.78 Å². The molecule has 0 saturated carbocycles. The van der Waals surface area contributed by atoms with Gasteiger partial charge in [0.2, 0.25) is 0 Å². The van der Waals surface area contributed by atoms with E-state index in [0.717, 1.165) is 22.5 Å². The van der Waals surface area contributed by atoms with Crippen molar-refractivity contribution in [3.05, 3.63) is 146 Å². The molecule has 0 saturated heterocycles. The maximum Gasteiger partial charge on any atom is 0.0827 e. The number of fused-ring (bicyclic) bond motifs is 1. The number of hydrogen-bond donors (Lipinski definition) is 0. The lowest BCUT2D eigenvalue weighted by molar-refractivity contribution is 0.888. The molecule has 0 N–H and O–H groups in total. The van der Waals surface area contributed by atoms with E-state index < -0.39 is 0 Å². The fourth-order valence-electron chi connectivity index (χ4n) is 5.20. The minimum Gasteiger partial charge on any atom is -0.232 e. The van der Waals surface area contributed by atoms with Crippen molar-refractivity contribution in [1.29, 1.82) is 0 Å². The maximum atomic E-state index is 4.92. The van der Waals surface area contributed by atoms with Crippen LogP contribution >= 0.6 is 11.3 Å². The summed E-state index contributed by atoms with van der Waals surface area (Å²) in [7, 11) is 0. The van der Waals surface area contributed by atoms with Crippen LogP contribution in [-0.2, 0) is 0 Å². The van der Waals surface area contributed by atoms with Gasteiger partial charge in [-0.1, -0.05) is 127 Å². The zero-order valence-corrected chi connectivity index (χ0v) is 21.5. The Hall–Kier alpha value is -4.73. The number of hydrogen-bond acceptors (Lipinski definition) is 2. The van der Waals surface area contributed by atoms with E-state index in [0.29, 0.717) is 0 Å². The first-order valence-electron chi connectivity index (χ1n) is 12.7. The molecule has 0 aliphatic heterocycles. The van der Waals surface area contributed by atoms with Crippen LogP contribution in [0.1, 0.15) is 0 Å². The second-order valence-electron chi connectivity index (χ2n) is 9.24. The SMILES string of the molecule is c1ccc(-c2ccccc2-c2sc(-c3cnn(-c4ccccc4)c3-c3ccccc3)c3ccccc23)cc1. The van der Waals surface area contributed by atoms with Gasteiger partial charge in [0.25, 0.3) is 0 Å². The lowest BCUT2D eigenvalue weighted by Crippen LogP contribution is -1.98. The third-order valence-corrected chi connectivity index (χ3v) is 8.23. The summed E-state index contributed by atoms with van der Waals surface area (Å²) in [5.41, 5.74) is 8.17. The van der Waals surface area contributed by atoms with E-state index in [4.69, 9.17) is 5.10 Å². The first-order valence-corrected chi connectivity index (χ1v) is 13.6. The molecule has 38 heavy (non-hydrogen) atoms. The van der Waals surface area contributed by atoms with Gasteiger partial charge in [-0.05, 0) is 23.3 Å². The highest BCUT2D eigenvalue weighted by atomic mass is 32.1. The number of aromatic nitrogens is 2. The zero-order valence-electron chi connectivity index (χ0n) is 20.7. The van der Waals surface area contributed by atoms with E-state index in [1.807, 2.05) is 23.6 Å². The van der Waals surface area contributed by atoms with E-state index in [-0.39, 0.29) is 0 Å². The van der Waals surface area contributed by atoms with Crippen LogP contribution < -0.4 is 0 Å². The lowest BCUT2D eigenvalue weighted by Gasteiger charge is -2.10. The molecule has 3 heteroatoms. The normalized spacial score (nSPS) is 11.2. The predicted octanol–water partition coefficient (Wildman–Crippen LogP) is 9.75. The lowest BCUT2D eigenvalue weighted by atomic mass is 9.96. The smallest absolute Gasteiger partial charge is 0.0827 e. The second-order valence-corrected chi connectivity index (χ2v) is 10.3. The number of para-hydroxylation sites is 1. The van der Waals surface area contributed by atoms with Crippen molar-refractivity contribution in [2.24, 2.45) is 0 Å². The van der Waals surface area contributed by atoms with E-state index in [1.54, 1.807) is 0 Å². The Bertz CT molecular complexity index is 1850. The maximum absolute atomic E-state index is 4.92. The summed E-state index contributed by atoms with van der Waals surface area (Å²) in [4.78, 5) is 2.51. The number of benzene rings is 5. The first-order chi connectivity index (χ1) is 18.9. The summed E-state index contributed by atoms with van der Waals surface area (Å²) in [5.74, 6) is 0. The van der Waals surface area contributed by atoms with Crippen molar-refractivity contribution in [2.45, 2.75) is 0 Å². The Labute approximate surface area is 226 Å². The van der Waals surface area contributed by atoms with Crippen molar-refractivity contribution in [1.82, 2.24) is 9.78 Å². The van der Waals surface area contributed by atoms with Gasteiger partial charge in [0, 0.05) is 37.2 Å². The summed E-state index contributed by atoms with van der Waals surface area (Å²) in [5, 5.41) is 7.43. The molecule has 0 amide bonds. The van der Waals surface area contributed by atoms with Crippen molar-refractivity contribution < 1.29 is 0 Å². The molecule has 2 aromatic heterocycles.